The molecule has 2 saturated heterocycles. The predicted molar refractivity (Wildman–Crippen MR) is 135 cm³/mol. The number of Topliss-reactive ketones (excluding diaryl/α,β-unsaturated/α-hetero) is 1. The van der Waals surface area contributed by atoms with Crippen molar-refractivity contribution in [2.45, 2.75) is 50.7 Å². The molecule has 6 rings (SSSR count). The van der Waals surface area contributed by atoms with E-state index < -0.39 is 0 Å². The molecule has 2 atom stereocenters. The highest BCUT2D eigenvalue weighted by molar-refractivity contribution is 5.97. The zero-order chi connectivity index (χ0) is 24.6. The lowest BCUT2D eigenvalue weighted by Gasteiger charge is -2.47. The van der Waals surface area contributed by atoms with Gasteiger partial charge in [0.2, 0.25) is 0 Å². The molecule has 2 aromatic carbocycles. The summed E-state index contributed by atoms with van der Waals surface area (Å²) in [6.07, 6.45) is 5.33. The average Bonchev–Trinajstić information content (AvgIpc) is 3.49. The first-order chi connectivity index (χ1) is 17.6. The molecule has 0 saturated carbocycles. The molecular formula is C29H31N3O4. The molecule has 7 nitrogen and oxygen atoms in total. The molecule has 0 radical (unpaired) electrons. The Bertz CT molecular complexity index is 1230. The molecule has 3 aliphatic rings. The van der Waals surface area contributed by atoms with E-state index in [-0.39, 0.29) is 35.8 Å². The van der Waals surface area contributed by atoms with E-state index in [0.29, 0.717) is 38.2 Å². The number of nitrogens with zero attached hydrogens (tertiary/aromatic N) is 3. The zero-order valence-corrected chi connectivity index (χ0v) is 20.5. The summed E-state index contributed by atoms with van der Waals surface area (Å²) in [5.74, 6) is -0.00142. The van der Waals surface area contributed by atoms with Crippen molar-refractivity contribution in [3.63, 3.8) is 0 Å². The minimum atomic E-state index is -0.308. The Kier molecular flexibility index (Phi) is 6.09. The second kappa shape index (κ2) is 9.54. The second-order valence-electron chi connectivity index (χ2n) is 10.1. The lowest BCUT2D eigenvalue weighted by Crippen LogP contribution is -2.60. The summed E-state index contributed by atoms with van der Waals surface area (Å²) in [5.41, 5.74) is 5.47. The molecule has 186 valence electrons. The van der Waals surface area contributed by atoms with Crippen molar-refractivity contribution in [2.75, 3.05) is 19.8 Å². The third-order valence-electron chi connectivity index (χ3n) is 7.81. The number of carbonyl (C=O) groups is 2. The number of rotatable bonds is 6. The lowest BCUT2D eigenvalue weighted by atomic mass is 9.81. The van der Waals surface area contributed by atoms with Crippen molar-refractivity contribution >= 4 is 11.9 Å². The van der Waals surface area contributed by atoms with Gasteiger partial charge in [-0.05, 0) is 41.5 Å². The minimum absolute atomic E-state index is 0.0243. The van der Waals surface area contributed by atoms with Gasteiger partial charge in [0.25, 0.3) is 0 Å². The summed E-state index contributed by atoms with van der Waals surface area (Å²) in [6.45, 7) is 4.04. The molecule has 1 aromatic heterocycles. The van der Waals surface area contributed by atoms with Crippen molar-refractivity contribution in [1.82, 2.24) is 14.7 Å². The maximum Gasteiger partial charge on any atom is 0.410 e. The number of hydrogen-bond donors (Lipinski definition) is 0. The highest BCUT2D eigenvalue weighted by atomic mass is 16.6. The Morgan fingerprint density at radius 3 is 2.28 bits per heavy atom. The normalized spacial score (nSPS) is 22.7. The number of aryl methyl sites for hydroxylation is 1. The van der Waals surface area contributed by atoms with Gasteiger partial charge in [-0.25, -0.2) is 4.79 Å². The third-order valence-corrected chi connectivity index (χ3v) is 7.81. The maximum absolute atomic E-state index is 13.4. The van der Waals surface area contributed by atoms with Crippen LogP contribution in [0.2, 0.25) is 0 Å². The lowest BCUT2D eigenvalue weighted by molar-refractivity contribution is -0.0747. The smallest absolute Gasteiger partial charge is 0.410 e. The number of morpholine rings is 1. The largest absolute Gasteiger partial charge is 0.448 e. The van der Waals surface area contributed by atoms with E-state index in [2.05, 4.69) is 36.3 Å². The van der Waals surface area contributed by atoms with E-state index in [9.17, 15) is 9.59 Å². The molecule has 7 heteroatoms. The Balaban J connectivity index is 1.14. The van der Waals surface area contributed by atoms with Crippen molar-refractivity contribution in [2.24, 2.45) is 5.92 Å². The van der Waals surface area contributed by atoms with E-state index in [1.807, 2.05) is 40.0 Å². The Labute approximate surface area is 211 Å². The summed E-state index contributed by atoms with van der Waals surface area (Å²) in [7, 11) is 0. The van der Waals surface area contributed by atoms with Crippen LogP contribution in [-0.4, -0.2) is 58.5 Å². The molecule has 0 spiro atoms. The van der Waals surface area contributed by atoms with E-state index in [4.69, 9.17) is 9.47 Å². The fraction of sp³-hybridized carbons (Fsp3) is 0.414. The van der Waals surface area contributed by atoms with Crippen molar-refractivity contribution < 1.29 is 19.1 Å². The molecule has 2 unspecified atom stereocenters. The molecule has 0 N–H and O–H groups in total. The number of ether oxygens (including phenoxy) is 2. The zero-order valence-electron chi connectivity index (χ0n) is 20.5. The van der Waals surface area contributed by atoms with Crippen LogP contribution in [0.25, 0.3) is 11.1 Å². The molecular weight excluding hydrogens is 454 g/mol. The number of aromatic nitrogens is 2. The van der Waals surface area contributed by atoms with Gasteiger partial charge < -0.3 is 9.47 Å². The first kappa shape index (κ1) is 23.0. The second-order valence-corrected chi connectivity index (χ2v) is 10.1. The summed E-state index contributed by atoms with van der Waals surface area (Å²) in [5, 5.41) is 4.32. The molecule has 3 heterocycles. The van der Waals surface area contributed by atoms with Gasteiger partial charge in [0, 0.05) is 24.6 Å². The molecule has 2 bridgehead atoms. The number of amides is 1. The van der Waals surface area contributed by atoms with Crippen LogP contribution in [0.3, 0.4) is 0 Å². The van der Waals surface area contributed by atoms with Crippen molar-refractivity contribution in [3.05, 3.63) is 77.6 Å². The highest BCUT2D eigenvalue weighted by Crippen LogP contribution is 2.44. The van der Waals surface area contributed by atoms with Crippen LogP contribution < -0.4 is 0 Å². The number of benzene rings is 2. The maximum atomic E-state index is 13.4. The third kappa shape index (κ3) is 4.01. The van der Waals surface area contributed by atoms with E-state index >= 15 is 0 Å². The summed E-state index contributed by atoms with van der Waals surface area (Å²) >= 11 is 0. The topological polar surface area (TPSA) is 73.7 Å². The molecule has 1 amide bonds. The van der Waals surface area contributed by atoms with Crippen LogP contribution in [0.4, 0.5) is 4.79 Å². The Morgan fingerprint density at radius 1 is 1.00 bits per heavy atom. The number of carbonyl (C=O) groups excluding carboxylic acids is 2. The van der Waals surface area contributed by atoms with Crippen LogP contribution in [-0.2, 0) is 16.0 Å². The molecule has 2 aliphatic heterocycles. The fourth-order valence-corrected chi connectivity index (χ4v) is 6.17. The van der Waals surface area contributed by atoms with E-state index in [1.165, 1.54) is 22.3 Å². The van der Waals surface area contributed by atoms with Crippen molar-refractivity contribution in [3.8, 4) is 11.1 Å². The average molecular weight is 486 g/mol. The highest BCUT2D eigenvalue weighted by Gasteiger charge is 2.45. The standard InChI is InChI=1S/C29H31N3O4/c1-2-11-31-15-20(14-30-31)28(33)19-12-21-16-35-17-22(13-19)32(21)29(34)36-18-27-25-9-5-3-7-23(25)24-8-4-6-10-26(24)27/h3-10,14-15,19,21-22,27H,2,11-13,16-18H2,1H3. The first-order valence-electron chi connectivity index (χ1n) is 12.9. The van der Waals surface area contributed by atoms with Gasteiger partial charge in [-0.2, -0.15) is 5.10 Å². The quantitative estimate of drug-likeness (QED) is 0.464. The molecule has 3 aromatic rings. The van der Waals surface area contributed by atoms with Crippen LogP contribution in [0.1, 0.15) is 53.6 Å². The fourth-order valence-electron chi connectivity index (χ4n) is 6.17. The summed E-state index contributed by atoms with van der Waals surface area (Å²) in [6, 6.07) is 16.4. The van der Waals surface area contributed by atoms with Crippen LogP contribution in [0.15, 0.2) is 60.9 Å². The van der Waals surface area contributed by atoms with E-state index in [0.717, 1.165) is 13.0 Å². The monoisotopic (exact) mass is 485 g/mol. The van der Waals surface area contributed by atoms with Gasteiger partial charge in [-0.3, -0.25) is 14.4 Å². The number of fused-ring (bicyclic) bond motifs is 5. The molecule has 2 fully saturated rings. The van der Waals surface area contributed by atoms with Gasteiger partial charge in [-0.1, -0.05) is 55.5 Å². The molecule has 36 heavy (non-hydrogen) atoms. The summed E-state index contributed by atoms with van der Waals surface area (Å²) in [4.78, 5) is 28.4. The van der Waals surface area contributed by atoms with Crippen LogP contribution in [0.5, 0.6) is 0 Å². The van der Waals surface area contributed by atoms with Gasteiger partial charge in [0.1, 0.15) is 6.61 Å². The molecule has 1 aliphatic carbocycles. The van der Waals surface area contributed by atoms with Gasteiger partial charge in [0.05, 0.1) is 37.1 Å². The van der Waals surface area contributed by atoms with E-state index in [1.54, 1.807) is 6.20 Å². The SMILES string of the molecule is CCCn1cc(C(=O)C2CC3COCC(C2)N3C(=O)OCC2c3ccccc3-c3ccccc32)cn1. The summed E-state index contributed by atoms with van der Waals surface area (Å²) < 4.78 is 13.6. The van der Waals surface area contributed by atoms with Crippen LogP contribution >= 0.6 is 0 Å². The number of hydrogen-bond acceptors (Lipinski definition) is 5. The van der Waals surface area contributed by atoms with Crippen molar-refractivity contribution in [1.29, 1.82) is 0 Å². The first-order valence-corrected chi connectivity index (χ1v) is 12.9. The van der Waals surface area contributed by atoms with Gasteiger partial charge in [-0.15, -0.1) is 0 Å². The van der Waals surface area contributed by atoms with Gasteiger partial charge >= 0.3 is 6.09 Å². The minimum Gasteiger partial charge on any atom is -0.448 e. The van der Waals surface area contributed by atoms with Gasteiger partial charge in [0.15, 0.2) is 5.78 Å². The Morgan fingerprint density at radius 2 is 1.64 bits per heavy atom. The number of piperidine rings is 1. The predicted octanol–water partition coefficient (Wildman–Crippen LogP) is 4.90. The van der Waals surface area contributed by atoms with Crippen LogP contribution in [0, 0.1) is 5.92 Å². The number of ketones is 1. The Hall–Kier alpha value is -3.45.